The van der Waals surface area contributed by atoms with Crippen molar-refractivity contribution in [1.29, 1.82) is 0 Å². The first kappa shape index (κ1) is 14.8. The minimum absolute atomic E-state index is 0.106. The van der Waals surface area contributed by atoms with E-state index in [0.717, 1.165) is 17.8 Å². The molecule has 2 rings (SSSR count). The summed E-state index contributed by atoms with van der Waals surface area (Å²) in [6.07, 6.45) is 3.26. The Morgan fingerprint density at radius 1 is 1.45 bits per heavy atom. The number of carbonyl (C=O) groups is 1. The van der Waals surface area contributed by atoms with E-state index in [4.69, 9.17) is 5.11 Å². The maximum atomic E-state index is 11.0. The molecule has 2 aromatic heterocycles. The first-order chi connectivity index (χ1) is 9.70. The van der Waals surface area contributed by atoms with Crippen LogP contribution in [0.1, 0.15) is 36.4 Å². The lowest BCUT2D eigenvalue weighted by molar-refractivity contribution is -0.137. The molecule has 2 N–H and O–H groups in total. The van der Waals surface area contributed by atoms with Gasteiger partial charge >= 0.3 is 5.97 Å². The van der Waals surface area contributed by atoms with E-state index in [-0.39, 0.29) is 12.5 Å². The Morgan fingerprint density at radius 2 is 2.30 bits per heavy atom. The normalized spacial score (nSPS) is 12.4. The van der Waals surface area contributed by atoms with E-state index in [1.807, 2.05) is 23.6 Å². The molecule has 4 nitrogen and oxygen atoms in total. The summed E-state index contributed by atoms with van der Waals surface area (Å²) >= 11 is 1.59. The topological polar surface area (TPSA) is 54.3 Å². The number of aliphatic carboxylic acids is 1. The number of hydrogen-bond donors (Lipinski definition) is 2. The molecule has 0 aliphatic heterocycles. The highest BCUT2D eigenvalue weighted by Gasteiger charge is 2.16. The van der Waals surface area contributed by atoms with Gasteiger partial charge in [-0.3, -0.25) is 4.79 Å². The lowest BCUT2D eigenvalue weighted by Gasteiger charge is -2.16. The molecule has 0 bridgehead atoms. The fourth-order valence-electron chi connectivity index (χ4n) is 2.23. The minimum Gasteiger partial charge on any atom is -0.481 e. The zero-order valence-electron chi connectivity index (χ0n) is 11.6. The van der Waals surface area contributed by atoms with Gasteiger partial charge in [0.05, 0.1) is 12.5 Å². The average molecular weight is 292 g/mol. The quantitative estimate of drug-likeness (QED) is 0.785. The number of hydrogen-bond acceptors (Lipinski definition) is 3. The third-order valence-corrected chi connectivity index (χ3v) is 4.17. The summed E-state index contributed by atoms with van der Waals surface area (Å²) in [4.78, 5) is 12.1. The maximum absolute atomic E-state index is 11.0. The van der Waals surface area contributed by atoms with Crippen molar-refractivity contribution < 1.29 is 9.90 Å². The van der Waals surface area contributed by atoms with Crippen molar-refractivity contribution in [2.45, 2.75) is 38.9 Å². The first-order valence-corrected chi connectivity index (χ1v) is 7.71. The van der Waals surface area contributed by atoms with Gasteiger partial charge in [0.2, 0.25) is 0 Å². The lowest BCUT2D eigenvalue weighted by Crippen LogP contribution is -2.24. The van der Waals surface area contributed by atoms with Gasteiger partial charge in [-0.1, -0.05) is 13.0 Å². The third-order valence-electron chi connectivity index (χ3n) is 3.18. The van der Waals surface area contributed by atoms with Gasteiger partial charge in [0.25, 0.3) is 0 Å². The van der Waals surface area contributed by atoms with Gasteiger partial charge in [-0.2, -0.15) is 0 Å². The highest BCUT2D eigenvalue weighted by atomic mass is 32.1. The Bertz CT molecular complexity index is 534. The van der Waals surface area contributed by atoms with E-state index in [0.29, 0.717) is 6.54 Å². The van der Waals surface area contributed by atoms with E-state index in [1.54, 1.807) is 11.3 Å². The second-order valence-electron chi connectivity index (χ2n) is 4.74. The van der Waals surface area contributed by atoms with Gasteiger partial charge < -0.3 is 15.0 Å². The van der Waals surface area contributed by atoms with Crippen molar-refractivity contribution >= 4 is 17.3 Å². The van der Waals surface area contributed by atoms with Crippen LogP contribution in [0, 0.1) is 0 Å². The summed E-state index contributed by atoms with van der Waals surface area (Å²) in [6.45, 7) is 3.82. The Kier molecular flexibility index (Phi) is 5.38. The number of rotatable bonds is 8. The molecular formula is C15H20N2O2S. The minimum atomic E-state index is -0.778. The van der Waals surface area contributed by atoms with Gasteiger partial charge in [0.15, 0.2) is 0 Å². The predicted molar refractivity (Wildman–Crippen MR) is 80.9 cm³/mol. The van der Waals surface area contributed by atoms with Gasteiger partial charge in [0, 0.05) is 29.9 Å². The van der Waals surface area contributed by atoms with Crippen LogP contribution >= 0.6 is 11.3 Å². The van der Waals surface area contributed by atoms with Gasteiger partial charge in [-0.25, -0.2) is 0 Å². The van der Waals surface area contributed by atoms with Crippen molar-refractivity contribution in [2.24, 2.45) is 0 Å². The monoisotopic (exact) mass is 292 g/mol. The fraction of sp³-hybridized carbons (Fsp3) is 0.400. The summed E-state index contributed by atoms with van der Waals surface area (Å²) < 4.78 is 2.21. The van der Waals surface area contributed by atoms with E-state index in [9.17, 15) is 4.79 Å². The molecule has 0 radical (unpaired) electrons. The van der Waals surface area contributed by atoms with Crippen LogP contribution in [0.5, 0.6) is 0 Å². The van der Waals surface area contributed by atoms with Crippen molar-refractivity contribution in [3.05, 3.63) is 46.4 Å². The molecule has 0 saturated carbocycles. The molecule has 0 saturated heterocycles. The van der Waals surface area contributed by atoms with E-state index in [1.165, 1.54) is 5.69 Å². The number of carboxylic acids is 1. The molecule has 0 aliphatic rings. The molecule has 2 heterocycles. The molecule has 20 heavy (non-hydrogen) atoms. The molecule has 0 amide bonds. The van der Waals surface area contributed by atoms with Gasteiger partial charge in [0.1, 0.15) is 0 Å². The zero-order chi connectivity index (χ0) is 14.4. The van der Waals surface area contributed by atoms with E-state index in [2.05, 4.69) is 29.1 Å². The highest BCUT2D eigenvalue weighted by Crippen LogP contribution is 2.22. The summed E-state index contributed by atoms with van der Waals surface area (Å²) in [5, 5.41) is 14.4. The molecule has 0 aliphatic carbocycles. The molecule has 108 valence electrons. The van der Waals surface area contributed by atoms with Crippen molar-refractivity contribution in [1.82, 2.24) is 9.88 Å². The molecule has 0 aromatic carbocycles. The molecule has 2 aromatic rings. The summed E-state index contributed by atoms with van der Waals surface area (Å²) in [5.74, 6) is -0.778. The Morgan fingerprint density at radius 3 is 2.95 bits per heavy atom. The van der Waals surface area contributed by atoms with Crippen LogP contribution in [0.4, 0.5) is 0 Å². The predicted octanol–water partition coefficient (Wildman–Crippen LogP) is 3.27. The highest BCUT2D eigenvalue weighted by molar-refractivity contribution is 7.10. The Labute approximate surface area is 123 Å². The number of nitrogens with one attached hydrogen (secondary N) is 1. The standard InChI is InChI=1S/C15H20N2O2S/c1-2-7-17-8-3-5-12(17)11-16-13(10-15(18)19)14-6-4-9-20-14/h3-6,8-9,13,16H,2,7,10-11H2,1H3,(H,18,19). The van der Waals surface area contributed by atoms with E-state index >= 15 is 0 Å². The molecule has 1 atom stereocenters. The van der Waals surface area contributed by atoms with Gasteiger partial charge in [-0.05, 0) is 30.0 Å². The number of aryl methyl sites for hydroxylation is 1. The van der Waals surface area contributed by atoms with Crippen LogP contribution in [0.2, 0.25) is 0 Å². The molecule has 0 fully saturated rings. The second kappa shape index (κ2) is 7.26. The summed E-state index contributed by atoms with van der Waals surface area (Å²) in [6, 6.07) is 7.92. The second-order valence-corrected chi connectivity index (χ2v) is 5.72. The molecule has 1 unspecified atom stereocenters. The number of aromatic nitrogens is 1. The average Bonchev–Trinajstić information content (AvgIpc) is 3.06. The largest absolute Gasteiger partial charge is 0.481 e. The first-order valence-electron chi connectivity index (χ1n) is 6.83. The van der Waals surface area contributed by atoms with Crippen LogP contribution in [-0.2, 0) is 17.9 Å². The van der Waals surface area contributed by atoms with E-state index < -0.39 is 5.97 Å². The Hall–Kier alpha value is -1.59. The zero-order valence-corrected chi connectivity index (χ0v) is 12.4. The number of carboxylic acid groups (broad SMARTS) is 1. The molecular weight excluding hydrogens is 272 g/mol. The summed E-state index contributed by atoms with van der Waals surface area (Å²) in [7, 11) is 0. The van der Waals surface area contributed by atoms with Crippen LogP contribution < -0.4 is 5.32 Å². The smallest absolute Gasteiger partial charge is 0.305 e. The van der Waals surface area contributed by atoms with Crippen LogP contribution in [0.3, 0.4) is 0 Å². The summed E-state index contributed by atoms with van der Waals surface area (Å²) in [5.41, 5.74) is 1.19. The van der Waals surface area contributed by atoms with Crippen LogP contribution in [0.25, 0.3) is 0 Å². The third kappa shape index (κ3) is 3.95. The van der Waals surface area contributed by atoms with Crippen molar-refractivity contribution in [3.8, 4) is 0 Å². The lowest BCUT2D eigenvalue weighted by atomic mass is 10.1. The fourth-order valence-corrected chi connectivity index (χ4v) is 3.04. The Balaban J connectivity index is 2.01. The number of thiophene rings is 1. The van der Waals surface area contributed by atoms with Crippen molar-refractivity contribution in [2.75, 3.05) is 0 Å². The van der Waals surface area contributed by atoms with Crippen molar-refractivity contribution in [3.63, 3.8) is 0 Å². The van der Waals surface area contributed by atoms with Gasteiger partial charge in [-0.15, -0.1) is 11.3 Å². The van der Waals surface area contributed by atoms with Crippen LogP contribution in [0.15, 0.2) is 35.8 Å². The van der Waals surface area contributed by atoms with Crippen LogP contribution in [-0.4, -0.2) is 15.6 Å². The maximum Gasteiger partial charge on any atom is 0.305 e. The molecule has 5 heteroatoms. The SMILES string of the molecule is CCCn1cccc1CNC(CC(=O)O)c1cccs1. The number of nitrogens with zero attached hydrogens (tertiary/aromatic N) is 1. The molecule has 0 spiro atoms.